The number of nitrogens with two attached hydrogens (primary N) is 1. The molecule has 1 heterocycles. The second kappa shape index (κ2) is 4.97. The van der Waals surface area contributed by atoms with Crippen molar-refractivity contribution in [3.63, 3.8) is 0 Å². The Hall–Kier alpha value is -2.76. The summed E-state index contributed by atoms with van der Waals surface area (Å²) >= 11 is 0. The quantitative estimate of drug-likeness (QED) is 0.732. The second-order valence-corrected chi connectivity index (χ2v) is 4.62. The highest BCUT2D eigenvalue weighted by atomic mass is 19.1. The number of nitrogens with zero attached hydrogens (tertiary/aromatic N) is 2. The van der Waals surface area contributed by atoms with E-state index in [1.807, 2.05) is 0 Å². The summed E-state index contributed by atoms with van der Waals surface area (Å²) in [5, 5.41) is 3.80. The highest BCUT2D eigenvalue weighted by Gasteiger charge is 2.13. The van der Waals surface area contributed by atoms with Crippen molar-refractivity contribution in [3.8, 4) is 22.8 Å². The molecule has 0 unspecified atom stereocenters. The molecule has 0 spiro atoms. The van der Waals surface area contributed by atoms with Gasteiger partial charge in [-0.1, -0.05) is 17.3 Å². The minimum Gasteiger partial charge on any atom is -0.396 e. The van der Waals surface area contributed by atoms with Gasteiger partial charge in [0.15, 0.2) is 0 Å². The van der Waals surface area contributed by atoms with Gasteiger partial charge in [0, 0.05) is 11.1 Å². The zero-order chi connectivity index (χ0) is 15.0. The maximum absolute atomic E-state index is 13.5. The molecular formula is C15H11F2N3O. The third-order valence-corrected chi connectivity index (χ3v) is 3.10. The Bertz CT molecular complexity index is 748. The highest BCUT2D eigenvalue weighted by molar-refractivity contribution is 5.63. The Morgan fingerprint density at radius 1 is 1.00 bits per heavy atom. The lowest BCUT2D eigenvalue weighted by Crippen LogP contribution is -1.91. The SMILES string of the molecule is Cc1ccc(-c2noc(-c3ccc(F)c(N)c3)n2)cc1F. The summed E-state index contributed by atoms with van der Waals surface area (Å²) in [7, 11) is 0. The van der Waals surface area contributed by atoms with E-state index in [1.54, 1.807) is 19.1 Å². The first-order valence-electron chi connectivity index (χ1n) is 6.20. The first-order chi connectivity index (χ1) is 10.0. The number of halogens is 2. The molecule has 3 aromatic rings. The van der Waals surface area contributed by atoms with Crippen molar-refractivity contribution >= 4 is 5.69 Å². The van der Waals surface area contributed by atoms with Crippen molar-refractivity contribution in [2.75, 3.05) is 5.73 Å². The van der Waals surface area contributed by atoms with Gasteiger partial charge in [-0.3, -0.25) is 0 Å². The van der Waals surface area contributed by atoms with Crippen molar-refractivity contribution in [2.24, 2.45) is 0 Å². The van der Waals surface area contributed by atoms with E-state index in [-0.39, 0.29) is 23.2 Å². The molecule has 0 saturated carbocycles. The zero-order valence-corrected chi connectivity index (χ0v) is 11.1. The Labute approximate surface area is 119 Å². The van der Waals surface area contributed by atoms with Crippen LogP contribution in [0, 0.1) is 18.6 Å². The van der Waals surface area contributed by atoms with Crippen LogP contribution in [0.2, 0.25) is 0 Å². The Kier molecular flexibility index (Phi) is 3.13. The number of anilines is 1. The van der Waals surface area contributed by atoms with Crippen LogP contribution in [0.4, 0.5) is 14.5 Å². The standard InChI is InChI=1S/C15H11F2N3O/c1-8-2-3-9(6-12(8)17)14-19-15(21-20-14)10-4-5-11(16)13(18)7-10/h2-7H,18H2,1H3. The largest absolute Gasteiger partial charge is 0.396 e. The number of nitrogen functional groups attached to an aromatic ring is 1. The molecule has 0 atom stereocenters. The molecule has 2 aromatic carbocycles. The number of hydrogen-bond acceptors (Lipinski definition) is 4. The fourth-order valence-electron chi connectivity index (χ4n) is 1.87. The van der Waals surface area contributed by atoms with Gasteiger partial charge in [-0.05, 0) is 36.8 Å². The van der Waals surface area contributed by atoms with Crippen molar-refractivity contribution in [2.45, 2.75) is 6.92 Å². The smallest absolute Gasteiger partial charge is 0.258 e. The lowest BCUT2D eigenvalue weighted by atomic mass is 10.1. The minimum atomic E-state index is -0.515. The van der Waals surface area contributed by atoms with E-state index < -0.39 is 5.82 Å². The average molecular weight is 287 g/mol. The normalized spacial score (nSPS) is 10.8. The van der Waals surface area contributed by atoms with E-state index in [2.05, 4.69) is 10.1 Å². The molecule has 0 aliphatic carbocycles. The maximum Gasteiger partial charge on any atom is 0.258 e. The molecule has 0 bridgehead atoms. The minimum absolute atomic E-state index is 0.00590. The van der Waals surface area contributed by atoms with Gasteiger partial charge in [0.25, 0.3) is 5.89 Å². The monoisotopic (exact) mass is 287 g/mol. The first kappa shape index (κ1) is 13.2. The fourth-order valence-corrected chi connectivity index (χ4v) is 1.87. The maximum atomic E-state index is 13.5. The van der Waals surface area contributed by atoms with Crippen molar-refractivity contribution < 1.29 is 13.3 Å². The van der Waals surface area contributed by atoms with Gasteiger partial charge in [-0.2, -0.15) is 4.98 Å². The molecule has 1 aromatic heterocycles. The molecule has 0 aliphatic heterocycles. The Morgan fingerprint density at radius 3 is 2.48 bits per heavy atom. The van der Waals surface area contributed by atoms with Gasteiger partial charge in [0.05, 0.1) is 5.69 Å². The Morgan fingerprint density at radius 2 is 1.76 bits per heavy atom. The summed E-state index contributed by atoms with van der Waals surface area (Å²) in [6.45, 7) is 1.67. The molecule has 0 amide bonds. The summed E-state index contributed by atoms with van der Waals surface area (Å²) in [6, 6.07) is 8.78. The molecule has 0 aliphatic rings. The molecule has 3 rings (SSSR count). The highest BCUT2D eigenvalue weighted by Crippen LogP contribution is 2.25. The summed E-state index contributed by atoms with van der Waals surface area (Å²) in [5.41, 5.74) is 7.03. The molecule has 2 N–H and O–H groups in total. The fraction of sp³-hybridized carbons (Fsp3) is 0.0667. The van der Waals surface area contributed by atoms with Gasteiger partial charge in [0.2, 0.25) is 5.82 Å². The van der Waals surface area contributed by atoms with Crippen LogP contribution in [0.3, 0.4) is 0 Å². The van der Waals surface area contributed by atoms with Crippen LogP contribution in [0.25, 0.3) is 22.8 Å². The zero-order valence-electron chi connectivity index (χ0n) is 11.1. The number of benzene rings is 2. The van der Waals surface area contributed by atoms with Crippen LogP contribution in [-0.2, 0) is 0 Å². The predicted molar refractivity (Wildman–Crippen MR) is 74.2 cm³/mol. The van der Waals surface area contributed by atoms with Crippen molar-refractivity contribution in [1.29, 1.82) is 0 Å². The lowest BCUT2D eigenvalue weighted by Gasteiger charge is -1.98. The van der Waals surface area contributed by atoms with Crippen molar-refractivity contribution in [1.82, 2.24) is 10.1 Å². The lowest BCUT2D eigenvalue weighted by molar-refractivity contribution is 0.432. The topological polar surface area (TPSA) is 64.9 Å². The van der Waals surface area contributed by atoms with E-state index in [9.17, 15) is 8.78 Å². The predicted octanol–water partition coefficient (Wildman–Crippen LogP) is 3.57. The summed E-state index contributed by atoms with van der Waals surface area (Å²) in [6.07, 6.45) is 0. The van der Waals surface area contributed by atoms with Crippen molar-refractivity contribution in [3.05, 3.63) is 53.6 Å². The third-order valence-electron chi connectivity index (χ3n) is 3.10. The van der Waals surface area contributed by atoms with Gasteiger partial charge in [-0.25, -0.2) is 8.78 Å². The van der Waals surface area contributed by atoms with Crippen LogP contribution in [0.15, 0.2) is 40.9 Å². The molecule has 6 heteroatoms. The number of rotatable bonds is 2. The van der Waals surface area contributed by atoms with Gasteiger partial charge < -0.3 is 10.3 Å². The molecule has 4 nitrogen and oxygen atoms in total. The average Bonchev–Trinajstić information content (AvgIpc) is 2.94. The van der Waals surface area contributed by atoms with Gasteiger partial charge in [0.1, 0.15) is 11.6 Å². The second-order valence-electron chi connectivity index (χ2n) is 4.62. The van der Waals surface area contributed by atoms with Crippen LogP contribution >= 0.6 is 0 Å². The summed E-state index contributed by atoms with van der Waals surface area (Å²) in [4.78, 5) is 4.17. The van der Waals surface area contributed by atoms with E-state index >= 15 is 0 Å². The molecule has 21 heavy (non-hydrogen) atoms. The molecule has 0 saturated heterocycles. The van der Waals surface area contributed by atoms with E-state index in [1.165, 1.54) is 24.3 Å². The van der Waals surface area contributed by atoms with Gasteiger partial charge >= 0.3 is 0 Å². The Balaban J connectivity index is 1.99. The number of hydrogen-bond donors (Lipinski definition) is 1. The van der Waals surface area contributed by atoms with E-state index in [4.69, 9.17) is 10.3 Å². The molecule has 0 fully saturated rings. The van der Waals surface area contributed by atoms with E-state index in [0.717, 1.165) is 0 Å². The third kappa shape index (κ3) is 2.47. The summed E-state index contributed by atoms with van der Waals surface area (Å²) < 4.78 is 31.8. The summed E-state index contributed by atoms with van der Waals surface area (Å²) in [5.74, 6) is -0.409. The number of aromatic nitrogens is 2. The molecular weight excluding hydrogens is 276 g/mol. The molecule has 106 valence electrons. The van der Waals surface area contributed by atoms with Crippen LogP contribution < -0.4 is 5.73 Å². The van der Waals surface area contributed by atoms with Crippen LogP contribution in [0.1, 0.15) is 5.56 Å². The molecule has 0 radical (unpaired) electrons. The van der Waals surface area contributed by atoms with Crippen LogP contribution in [-0.4, -0.2) is 10.1 Å². The van der Waals surface area contributed by atoms with E-state index in [0.29, 0.717) is 16.7 Å². The first-order valence-corrected chi connectivity index (χ1v) is 6.20. The van der Waals surface area contributed by atoms with Gasteiger partial charge in [-0.15, -0.1) is 0 Å². The number of aryl methyl sites for hydroxylation is 1. The van der Waals surface area contributed by atoms with Crippen LogP contribution in [0.5, 0.6) is 0 Å².